The Balaban J connectivity index is 3.43. The summed E-state index contributed by atoms with van der Waals surface area (Å²) in [6, 6.07) is 2.93. The Labute approximate surface area is 106 Å². The maximum absolute atomic E-state index is 12.7. The van der Waals surface area contributed by atoms with Gasteiger partial charge in [0.2, 0.25) is 0 Å². The van der Waals surface area contributed by atoms with Gasteiger partial charge in [0.25, 0.3) is 6.43 Å². The maximum atomic E-state index is 12.7. The van der Waals surface area contributed by atoms with Crippen LogP contribution in [0.5, 0.6) is 0 Å². The third-order valence-electron chi connectivity index (χ3n) is 2.46. The molecule has 0 heterocycles. The minimum Gasteiger partial charge on any atom is -0.398 e. The van der Waals surface area contributed by atoms with Crippen molar-refractivity contribution in [2.24, 2.45) is 4.99 Å². The lowest BCUT2D eigenvalue weighted by Crippen LogP contribution is -2.31. The maximum Gasteiger partial charge on any atom is 0.270 e. The third-order valence-corrected chi connectivity index (χ3v) is 3.15. The van der Waals surface area contributed by atoms with Crippen molar-refractivity contribution in [2.75, 3.05) is 12.8 Å². The number of nitrogen functional groups attached to an aromatic ring is 1. The van der Waals surface area contributed by atoms with Crippen LogP contribution >= 0.6 is 15.9 Å². The van der Waals surface area contributed by atoms with Crippen molar-refractivity contribution in [1.82, 2.24) is 0 Å². The molecule has 1 unspecified atom stereocenters. The van der Waals surface area contributed by atoms with Gasteiger partial charge in [-0.1, -0.05) is 22.0 Å². The number of hydrogen-bond donors (Lipinski definition) is 2. The monoisotopic (exact) mass is 306 g/mol. The summed E-state index contributed by atoms with van der Waals surface area (Å²) in [6.07, 6.45) is -1.47. The zero-order valence-corrected chi connectivity index (χ0v) is 11.0. The van der Waals surface area contributed by atoms with Crippen molar-refractivity contribution in [3.63, 3.8) is 0 Å². The van der Waals surface area contributed by atoms with Gasteiger partial charge >= 0.3 is 0 Å². The Hall–Kier alpha value is -1.01. The predicted octanol–water partition coefficient (Wildman–Crippen LogP) is 2.55. The fourth-order valence-electron chi connectivity index (χ4n) is 1.43. The van der Waals surface area contributed by atoms with Crippen LogP contribution in [-0.2, 0) is 5.60 Å². The number of aliphatic hydroxyl groups is 1. The van der Waals surface area contributed by atoms with Gasteiger partial charge in [0.05, 0.1) is 0 Å². The molecule has 0 fully saturated rings. The van der Waals surface area contributed by atoms with Crippen LogP contribution in [0.2, 0.25) is 0 Å². The van der Waals surface area contributed by atoms with Crippen molar-refractivity contribution in [3.05, 3.63) is 27.7 Å². The molecule has 0 amide bonds. The van der Waals surface area contributed by atoms with Crippen molar-refractivity contribution < 1.29 is 13.9 Å². The summed E-state index contributed by atoms with van der Waals surface area (Å²) in [7, 11) is 1.55. The van der Waals surface area contributed by atoms with Gasteiger partial charge in [0.15, 0.2) is 0 Å². The number of aliphatic imine (C=N–C) groups is 1. The molecule has 0 saturated carbocycles. The Bertz CT molecular complexity index is 447. The van der Waals surface area contributed by atoms with Crippen LogP contribution in [0.4, 0.5) is 14.5 Å². The van der Waals surface area contributed by atoms with E-state index in [-0.39, 0.29) is 11.3 Å². The first kappa shape index (κ1) is 14.1. The highest BCUT2D eigenvalue weighted by molar-refractivity contribution is 9.10. The number of anilines is 1. The van der Waals surface area contributed by atoms with Crippen LogP contribution < -0.4 is 5.73 Å². The first-order valence-corrected chi connectivity index (χ1v) is 5.62. The topological polar surface area (TPSA) is 58.6 Å². The standard InChI is InChI=1S/C11H13BrF2N2O/c1-11(17,10(13)14)7-3-4-8(12)6(5-16-2)9(7)15/h3-5,10,17H,15H2,1-2H3. The van der Waals surface area contributed by atoms with E-state index in [9.17, 15) is 13.9 Å². The minimum atomic E-state index is -2.92. The Kier molecular flexibility index (Phi) is 4.21. The molecule has 0 aliphatic rings. The Morgan fingerprint density at radius 2 is 2.12 bits per heavy atom. The van der Waals surface area contributed by atoms with Crippen LogP contribution in [0.25, 0.3) is 0 Å². The lowest BCUT2D eigenvalue weighted by Gasteiger charge is -2.25. The molecule has 0 bridgehead atoms. The molecule has 0 aliphatic carbocycles. The molecule has 0 aliphatic heterocycles. The van der Waals surface area contributed by atoms with Crippen LogP contribution in [0.15, 0.2) is 21.6 Å². The van der Waals surface area contributed by atoms with E-state index in [0.29, 0.717) is 10.0 Å². The van der Waals surface area contributed by atoms with E-state index >= 15 is 0 Å². The summed E-state index contributed by atoms with van der Waals surface area (Å²) >= 11 is 3.25. The summed E-state index contributed by atoms with van der Waals surface area (Å²) in [5.41, 5.74) is 4.06. The van der Waals surface area contributed by atoms with E-state index in [1.54, 1.807) is 13.1 Å². The van der Waals surface area contributed by atoms with E-state index in [0.717, 1.165) is 6.92 Å². The molecule has 0 aromatic heterocycles. The molecule has 1 atom stereocenters. The molecule has 94 valence electrons. The van der Waals surface area contributed by atoms with Crippen molar-refractivity contribution in [3.8, 4) is 0 Å². The average Bonchev–Trinajstić information content (AvgIpc) is 2.23. The van der Waals surface area contributed by atoms with Crippen molar-refractivity contribution >= 4 is 27.8 Å². The number of halogens is 3. The lowest BCUT2D eigenvalue weighted by atomic mass is 9.93. The van der Waals surface area contributed by atoms with Crippen LogP contribution in [-0.4, -0.2) is 24.8 Å². The highest BCUT2D eigenvalue weighted by atomic mass is 79.9. The van der Waals surface area contributed by atoms with E-state index in [1.807, 2.05) is 0 Å². The number of nitrogens with two attached hydrogens (primary N) is 1. The molecule has 6 heteroatoms. The zero-order valence-electron chi connectivity index (χ0n) is 9.42. The molecular formula is C11H13BrF2N2O. The van der Waals surface area contributed by atoms with Crippen molar-refractivity contribution in [2.45, 2.75) is 19.0 Å². The number of benzene rings is 1. The Morgan fingerprint density at radius 3 is 2.59 bits per heavy atom. The zero-order chi connectivity index (χ0) is 13.2. The molecule has 0 spiro atoms. The molecule has 17 heavy (non-hydrogen) atoms. The normalized spacial score (nSPS) is 15.5. The lowest BCUT2D eigenvalue weighted by molar-refractivity contribution is -0.0878. The number of hydrogen-bond acceptors (Lipinski definition) is 3. The molecule has 1 aromatic carbocycles. The van der Waals surface area contributed by atoms with Crippen molar-refractivity contribution in [1.29, 1.82) is 0 Å². The predicted molar refractivity (Wildman–Crippen MR) is 67.6 cm³/mol. The fourth-order valence-corrected chi connectivity index (χ4v) is 1.88. The van der Waals surface area contributed by atoms with E-state index in [2.05, 4.69) is 20.9 Å². The molecule has 3 N–H and O–H groups in total. The largest absolute Gasteiger partial charge is 0.398 e. The fraction of sp³-hybridized carbons (Fsp3) is 0.364. The number of alkyl halides is 2. The van der Waals surface area contributed by atoms with Gasteiger partial charge in [0.1, 0.15) is 5.60 Å². The van der Waals surface area contributed by atoms with Gasteiger partial charge in [-0.3, -0.25) is 4.99 Å². The summed E-state index contributed by atoms with van der Waals surface area (Å²) in [6.45, 7) is 1.03. The first-order chi connectivity index (χ1) is 7.82. The smallest absolute Gasteiger partial charge is 0.270 e. The highest BCUT2D eigenvalue weighted by Gasteiger charge is 2.36. The van der Waals surface area contributed by atoms with Gasteiger partial charge in [-0.2, -0.15) is 0 Å². The second kappa shape index (κ2) is 5.10. The molecule has 3 nitrogen and oxygen atoms in total. The highest BCUT2D eigenvalue weighted by Crippen LogP contribution is 2.35. The quantitative estimate of drug-likeness (QED) is 0.666. The molecule has 0 saturated heterocycles. The molecule has 1 aromatic rings. The van der Waals surface area contributed by atoms with E-state index in [4.69, 9.17) is 5.73 Å². The second-order valence-electron chi connectivity index (χ2n) is 3.76. The number of nitrogens with zero attached hydrogens (tertiary/aromatic N) is 1. The van der Waals surface area contributed by atoms with Gasteiger partial charge < -0.3 is 10.8 Å². The summed E-state index contributed by atoms with van der Waals surface area (Å²) in [5, 5.41) is 9.74. The van der Waals surface area contributed by atoms with Gasteiger partial charge in [-0.25, -0.2) is 8.78 Å². The van der Waals surface area contributed by atoms with E-state index in [1.165, 1.54) is 12.3 Å². The second-order valence-corrected chi connectivity index (χ2v) is 4.61. The molecule has 0 radical (unpaired) electrons. The van der Waals surface area contributed by atoms with Crippen LogP contribution in [0, 0.1) is 0 Å². The van der Waals surface area contributed by atoms with Gasteiger partial charge in [-0.05, 0) is 13.0 Å². The first-order valence-electron chi connectivity index (χ1n) is 4.83. The number of rotatable bonds is 3. The van der Waals surface area contributed by atoms with Gasteiger partial charge in [-0.15, -0.1) is 0 Å². The summed E-state index contributed by atoms with van der Waals surface area (Å²) < 4.78 is 26.1. The minimum absolute atomic E-state index is 0.00870. The summed E-state index contributed by atoms with van der Waals surface area (Å²) in [5.74, 6) is 0. The third kappa shape index (κ3) is 2.63. The van der Waals surface area contributed by atoms with Crippen LogP contribution in [0.1, 0.15) is 18.1 Å². The SMILES string of the molecule is CN=Cc1c(Br)ccc(C(C)(O)C(F)F)c1N. The average molecular weight is 307 g/mol. The molecular weight excluding hydrogens is 294 g/mol. The van der Waals surface area contributed by atoms with E-state index < -0.39 is 12.0 Å². The van der Waals surface area contributed by atoms with Gasteiger partial charge in [0, 0.05) is 34.5 Å². The molecule has 1 rings (SSSR count). The summed E-state index contributed by atoms with van der Waals surface area (Å²) in [4.78, 5) is 3.79. The Morgan fingerprint density at radius 1 is 1.53 bits per heavy atom. The van der Waals surface area contributed by atoms with Crippen LogP contribution in [0.3, 0.4) is 0 Å².